The lowest BCUT2D eigenvalue weighted by molar-refractivity contribution is 0.661. The highest BCUT2D eigenvalue weighted by atomic mass is 15.0. The SMILES string of the molecule is CN/C(CNCC(=N)C#N)=C(\C)[C@@H](C)NC. The van der Waals surface area contributed by atoms with Crippen molar-refractivity contribution in [1.29, 1.82) is 10.7 Å². The van der Waals surface area contributed by atoms with Gasteiger partial charge in [-0.15, -0.1) is 0 Å². The van der Waals surface area contributed by atoms with Gasteiger partial charge in [-0.25, -0.2) is 0 Å². The molecule has 0 rings (SSSR count). The fraction of sp³-hybridized carbons (Fsp3) is 0.636. The molecule has 0 radical (unpaired) electrons. The van der Waals surface area contributed by atoms with Crippen molar-refractivity contribution < 1.29 is 0 Å². The van der Waals surface area contributed by atoms with Crippen LogP contribution in [0.4, 0.5) is 0 Å². The lowest BCUT2D eigenvalue weighted by Crippen LogP contribution is -2.32. The Kier molecular flexibility index (Phi) is 7.18. The van der Waals surface area contributed by atoms with E-state index < -0.39 is 0 Å². The van der Waals surface area contributed by atoms with E-state index in [4.69, 9.17) is 10.7 Å². The highest BCUT2D eigenvalue weighted by molar-refractivity contribution is 5.97. The molecular formula is C11H21N5. The van der Waals surface area contributed by atoms with Crippen LogP contribution in [0.25, 0.3) is 0 Å². The molecule has 0 aliphatic rings. The number of hydrogen-bond acceptors (Lipinski definition) is 5. The summed E-state index contributed by atoms with van der Waals surface area (Å²) in [4.78, 5) is 0. The van der Waals surface area contributed by atoms with Crippen LogP contribution in [0.2, 0.25) is 0 Å². The molecule has 0 aromatic heterocycles. The van der Waals surface area contributed by atoms with E-state index in [0.717, 1.165) is 5.70 Å². The van der Waals surface area contributed by atoms with Gasteiger partial charge in [0.25, 0.3) is 0 Å². The summed E-state index contributed by atoms with van der Waals surface area (Å²) in [5.74, 6) is 0. The molecule has 0 heterocycles. The number of hydrogen-bond donors (Lipinski definition) is 4. The van der Waals surface area contributed by atoms with Gasteiger partial charge in [-0.05, 0) is 26.5 Å². The highest BCUT2D eigenvalue weighted by Crippen LogP contribution is 2.04. The van der Waals surface area contributed by atoms with Crippen LogP contribution in [-0.2, 0) is 0 Å². The quantitative estimate of drug-likeness (QED) is 0.465. The van der Waals surface area contributed by atoms with Crippen LogP contribution in [0, 0.1) is 16.7 Å². The number of likely N-dealkylation sites (N-methyl/N-ethyl adjacent to an activating group) is 2. The van der Waals surface area contributed by atoms with Crippen molar-refractivity contribution in [1.82, 2.24) is 16.0 Å². The predicted octanol–water partition coefficient (Wildman–Crippen LogP) is 0.221. The average molecular weight is 223 g/mol. The second kappa shape index (κ2) is 7.85. The van der Waals surface area contributed by atoms with Crippen LogP contribution in [0.3, 0.4) is 0 Å². The Morgan fingerprint density at radius 2 is 2.00 bits per heavy atom. The van der Waals surface area contributed by atoms with Gasteiger partial charge in [0.15, 0.2) is 0 Å². The summed E-state index contributed by atoms with van der Waals surface area (Å²) in [6, 6.07) is 2.10. The summed E-state index contributed by atoms with van der Waals surface area (Å²) in [6.45, 7) is 5.09. The summed E-state index contributed by atoms with van der Waals surface area (Å²) < 4.78 is 0. The molecule has 0 saturated carbocycles. The third-order valence-corrected chi connectivity index (χ3v) is 2.60. The molecule has 4 N–H and O–H groups in total. The molecule has 0 unspecified atom stereocenters. The molecule has 0 aliphatic carbocycles. The van der Waals surface area contributed by atoms with Gasteiger partial charge in [0.05, 0.1) is 0 Å². The van der Waals surface area contributed by atoms with E-state index >= 15 is 0 Å². The average Bonchev–Trinajstić information content (AvgIpc) is 2.32. The fourth-order valence-corrected chi connectivity index (χ4v) is 1.25. The zero-order valence-electron chi connectivity index (χ0n) is 10.4. The molecule has 0 bridgehead atoms. The number of rotatable bonds is 7. The number of nitrogens with zero attached hydrogens (tertiary/aromatic N) is 1. The summed E-state index contributed by atoms with van der Waals surface area (Å²) in [7, 11) is 3.79. The summed E-state index contributed by atoms with van der Waals surface area (Å²) in [6.07, 6.45) is 0. The van der Waals surface area contributed by atoms with Gasteiger partial charge in [0.2, 0.25) is 0 Å². The van der Waals surface area contributed by atoms with Crippen molar-refractivity contribution >= 4 is 5.71 Å². The molecule has 0 fully saturated rings. The molecule has 0 amide bonds. The Labute approximate surface area is 97.4 Å². The minimum atomic E-state index is 0.0507. The van der Waals surface area contributed by atoms with E-state index in [9.17, 15) is 0 Å². The van der Waals surface area contributed by atoms with Crippen LogP contribution in [0.5, 0.6) is 0 Å². The lowest BCUT2D eigenvalue weighted by Gasteiger charge is -2.17. The number of nitrogens with one attached hydrogen (secondary N) is 4. The van der Waals surface area contributed by atoms with E-state index in [0.29, 0.717) is 19.1 Å². The van der Waals surface area contributed by atoms with Gasteiger partial charge in [-0.2, -0.15) is 5.26 Å². The summed E-state index contributed by atoms with van der Waals surface area (Å²) in [5, 5.41) is 25.0. The third-order valence-electron chi connectivity index (χ3n) is 2.60. The van der Waals surface area contributed by atoms with E-state index in [-0.39, 0.29) is 5.71 Å². The minimum Gasteiger partial charge on any atom is -0.390 e. The van der Waals surface area contributed by atoms with Crippen molar-refractivity contribution in [2.24, 2.45) is 0 Å². The van der Waals surface area contributed by atoms with Gasteiger partial charge >= 0.3 is 0 Å². The lowest BCUT2D eigenvalue weighted by atomic mass is 10.1. The molecule has 90 valence electrons. The van der Waals surface area contributed by atoms with Crippen LogP contribution < -0.4 is 16.0 Å². The van der Waals surface area contributed by atoms with Gasteiger partial charge in [0, 0.05) is 31.9 Å². The first kappa shape index (κ1) is 14.6. The second-order valence-electron chi connectivity index (χ2n) is 3.62. The third kappa shape index (κ3) is 4.91. The van der Waals surface area contributed by atoms with Gasteiger partial charge in [0.1, 0.15) is 11.8 Å². The Morgan fingerprint density at radius 3 is 2.44 bits per heavy atom. The maximum Gasteiger partial charge on any atom is 0.122 e. The molecule has 0 spiro atoms. The fourth-order valence-electron chi connectivity index (χ4n) is 1.25. The van der Waals surface area contributed by atoms with E-state index in [1.54, 1.807) is 6.07 Å². The van der Waals surface area contributed by atoms with Crippen molar-refractivity contribution in [3.63, 3.8) is 0 Å². The molecular weight excluding hydrogens is 202 g/mol. The van der Waals surface area contributed by atoms with Gasteiger partial charge in [-0.3, -0.25) is 5.41 Å². The summed E-state index contributed by atoms with van der Waals surface area (Å²) >= 11 is 0. The smallest absolute Gasteiger partial charge is 0.122 e. The molecule has 0 aromatic carbocycles. The van der Waals surface area contributed by atoms with E-state index in [2.05, 4.69) is 29.8 Å². The zero-order valence-corrected chi connectivity index (χ0v) is 10.4. The van der Waals surface area contributed by atoms with Gasteiger partial charge in [-0.1, -0.05) is 0 Å². The Hall–Kier alpha value is -1.38. The van der Waals surface area contributed by atoms with Crippen molar-refractivity contribution in [2.75, 3.05) is 27.2 Å². The highest BCUT2D eigenvalue weighted by Gasteiger charge is 2.07. The molecule has 0 aromatic rings. The maximum atomic E-state index is 8.44. The second-order valence-corrected chi connectivity index (χ2v) is 3.62. The van der Waals surface area contributed by atoms with Crippen LogP contribution in [0.15, 0.2) is 11.3 Å². The standard InChI is InChI=1S/C11H21N5/c1-8(9(2)14-3)11(15-4)7-16-6-10(13)5-12/h9,13-16H,6-7H2,1-4H3/b11-8+,13-10?/t9-/m1/s1. The Balaban J connectivity index is 4.30. The maximum absolute atomic E-state index is 8.44. The largest absolute Gasteiger partial charge is 0.390 e. The van der Waals surface area contributed by atoms with Crippen LogP contribution in [-0.4, -0.2) is 38.9 Å². The van der Waals surface area contributed by atoms with E-state index in [1.165, 1.54) is 5.57 Å². The van der Waals surface area contributed by atoms with Gasteiger partial charge < -0.3 is 16.0 Å². The number of nitriles is 1. The first-order valence-corrected chi connectivity index (χ1v) is 5.29. The van der Waals surface area contributed by atoms with Crippen molar-refractivity contribution in [2.45, 2.75) is 19.9 Å². The zero-order chi connectivity index (χ0) is 12.6. The van der Waals surface area contributed by atoms with E-state index in [1.807, 2.05) is 14.1 Å². The van der Waals surface area contributed by atoms with Crippen LogP contribution >= 0.6 is 0 Å². The van der Waals surface area contributed by atoms with Crippen molar-refractivity contribution in [3.05, 3.63) is 11.3 Å². The molecule has 5 nitrogen and oxygen atoms in total. The Bertz CT molecular complexity index is 300. The Morgan fingerprint density at radius 1 is 1.38 bits per heavy atom. The normalized spacial score (nSPS) is 13.7. The topological polar surface area (TPSA) is 83.7 Å². The first-order chi connectivity index (χ1) is 7.56. The molecule has 5 heteroatoms. The molecule has 0 saturated heterocycles. The monoisotopic (exact) mass is 223 g/mol. The predicted molar refractivity (Wildman–Crippen MR) is 66.5 cm³/mol. The first-order valence-electron chi connectivity index (χ1n) is 5.29. The molecule has 16 heavy (non-hydrogen) atoms. The van der Waals surface area contributed by atoms with Crippen LogP contribution in [0.1, 0.15) is 13.8 Å². The molecule has 0 aliphatic heterocycles. The molecule has 1 atom stereocenters. The van der Waals surface area contributed by atoms with Crippen molar-refractivity contribution in [3.8, 4) is 6.07 Å². The minimum absolute atomic E-state index is 0.0507. The summed E-state index contributed by atoms with van der Waals surface area (Å²) in [5.41, 5.74) is 2.36.